The minimum absolute atomic E-state index is 0.124. The number of hydrogen-bond acceptors (Lipinski definition) is 6. The van der Waals surface area contributed by atoms with E-state index in [2.05, 4.69) is 20.6 Å². The number of rotatable bonds is 4. The number of anilines is 1. The van der Waals surface area contributed by atoms with Crippen LogP contribution in [0.25, 0.3) is 0 Å². The Labute approximate surface area is 128 Å². The van der Waals surface area contributed by atoms with E-state index in [0.29, 0.717) is 24.0 Å². The molecule has 0 saturated carbocycles. The van der Waals surface area contributed by atoms with Gasteiger partial charge in [-0.05, 0) is 13.0 Å². The molecule has 0 spiro atoms. The largest absolute Gasteiger partial charge is 0.417 e. The molecule has 0 radical (unpaired) electrons. The summed E-state index contributed by atoms with van der Waals surface area (Å²) in [4.78, 5) is 8.77. The fraction of sp³-hybridized carbons (Fsp3) is 0.417. The highest BCUT2D eigenvalue weighted by molar-refractivity contribution is 6.41. The zero-order valence-electron chi connectivity index (χ0n) is 11.4. The number of oxime groups is 2. The van der Waals surface area contributed by atoms with Crippen molar-refractivity contribution in [2.75, 3.05) is 11.9 Å². The highest BCUT2D eigenvalue weighted by atomic mass is 35.5. The molecule has 1 aliphatic rings. The van der Waals surface area contributed by atoms with E-state index in [1.165, 1.54) is 0 Å². The molecule has 0 aliphatic carbocycles. The Balaban J connectivity index is 1.94. The molecule has 0 aromatic carbocycles. The van der Waals surface area contributed by atoms with Gasteiger partial charge in [0.15, 0.2) is 0 Å². The van der Waals surface area contributed by atoms with Crippen LogP contribution in [0.3, 0.4) is 0 Å². The van der Waals surface area contributed by atoms with Crippen molar-refractivity contribution in [1.29, 1.82) is 0 Å². The third-order valence-corrected chi connectivity index (χ3v) is 3.25. The van der Waals surface area contributed by atoms with Crippen molar-refractivity contribution in [3.63, 3.8) is 0 Å². The van der Waals surface area contributed by atoms with Crippen LogP contribution in [-0.4, -0.2) is 34.3 Å². The summed E-state index contributed by atoms with van der Waals surface area (Å²) in [6.45, 7) is 1.82. The second-order valence-electron chi connectivity index (χ2n) is 4.59. The van der Waals surface area contributed by atoms with Crippen LogP contribution in [-0.2, 0) is 11.0 Å². The maximum absolute atomic E-state index is 12.5. The minimum Gasteiger partial charge on any atom is -0.411 e. The van der Waals surface area contributed by atoms with Crippen LogP contribution in [0.4, 0.5) is 19.0 Å². The van der Waals surface area contributed by atoms with Crippen LogP contribution in [0.15, 0.2) is 22.6 Å². The number of aromatic nitrogens is 1. The summed E-state index contributed by atoms with van der Waals surface area (Å²) in [6.07, 6.45) is -3.74. The summed E-state index contributed by atoms with van der Waals surface area (Å²) in [6, 6.07) is 0.802. The van der Waals surface area contributed by atoms with Gasteiger partial charge < -0.3 is 15.4 Å². The molecule has 2 heterocycles. The number of nitrogens with one attached hydrogen (secondary N) is 1. The standard InChI is InChI=1S/C12H12ClF3N4O2/c1-6(19-21)10-3-8(22-20-10)5-18-11-9(13)2-7(4-17-11)12(14,15)16/h2,4,8,21H,3,5H2,1H3,(H,17,18)/b19-6-/t8-/m0/s1. The van der Waals surface area contributed by atoms with Crippen molar-refractivity contribution in [1.82, 2.24) is 4.98 Å². The molecule has 1 aliphatic heterocycles. The van der Waals surface area contributed by atoms with Crippen molar-refractivity contribution in [3.05, 3.63) is 22.8 Å². The van der Waals surface area contributed by atoms with Gasteiger partial charge >= 0.3 is 6.18 Å². The molecule has 0 unspecified atom stereocenters. The maximum Gasteiger partial charge on any atom is 0.417 e. The summed E-state index contributed by atoms with van der Waals surface area (Å²) < 4.78 is 37.5. The number of halogens is 4. The Bertz CT molecular complexity index is 619. The fourth-order valence-electron chi connectivity index (χ4n) is 1.74. The predicted octanol–water partition coefficient (Wildman–Crippen LogP) is 3.16. The molecule has 1 aromatic heterocycles. The van der Waals surface area contributed by atoms with Crippen molar-refractivity contribution < 1.29 is 23.2 Å². The Morgan fingerprint density at radius 1 is 1.59 bits per heavy atom. The van der Waals surface area contributed by atoms with E-state index in [-0.39, 0.29) is 23.5 Å². The molecule has 6 nitrogen and oxygen atoms in total. The fourth-order valence-corrected chi connectivity index (χ4v) is 1.98. The topological polar surface area (TPSA) is 79.1 Å². The molecule has 1 atom stereocenters. The van der Waals surface area contributed by atoms with Crippen LogP contribution in [0.1, 0.15) is 18.9 Å². The normalized spacial score (nSPS) is 18.9. The summed E-state index contributed by atoms with van der Waals surface area (Å²) in [5.74, 6) is 0.124. The monoisotopic (exact) mass is 336 g/mol. The Morgan fingerprint density at radius 2 is 2.32 bits per heavy atom. The van der Waals surface area contributed by atoms with Crippen LogP contribution in [0.5, 0.6) is 0 Å². The average Bonchev–Trinajstić information content (AvgIpc) is 2.93. The molecule has 2 rings (SSSR count). The van der Waals surface area contributed by atoms with E-state index in [1.54, 1.807) is 6.92 Å². The van der Waals surface area contributed by atoms with E-state index >= 15 is 0 Å². The quantitative estimate of drug-likeness (QED) is 0.503. The van der Waals surface area contributed by atoms with E-state index in [0.717, 1.165) is 6.07 Å². The van der Waals surface area contributed by atoms with E-state index < -0.39 is 11.7 Å². The number of alkyl halides is 3. The lowest BCUT2D eigenvalue weighted by molar-refractivity contribution is -0.137. The lowest BCUT2D eigenvalue weighted by Crippen LogP contribution is -2.22. The van der Waals surface area contributed by atoms with Crippen LogP contribution >= 0.6 is 11.6 Å². The first-order chi connectivity index (χ1) is 10.3. The summed E-state index contributed by atoms with van der Waals surface area (Å²) >= 11 is 5.78. The minimum atomic E-state index is -4.49. The molecule has 0 amide bonds. The highest BCUT2D eigenvalue weighted by Crippen LogP contribution is 2.32. The van der Waals surface area contributed by atoms with Crippen molar-refractivity contribution in [2.45, 2.75) is 25.6 Å². The first kappa shape index (κ1) is 16.3. The summed E-state index contributed by atoms with van der Waals surface area (Å²) in [5.41, 5.74) is -0.0745. The molecule has 120 valence electrons. The third-order valence-electron chi connectivity index (χ3n) is 2.97. The number of nitrogens with zero attached hydrogens (tertiary/aromatic N) is 3. The van der Waals surface area contributed by atoms with E-state index in [9.17, 15) is 13.2 Å². The van der Waals surface area contributed by atoms with Crippen molar-refractivity contribution in [3.8, 4) is 0 Å². The van der Waals surface area contributed by atoms with Gasteiger partial charge in [-0.2, -0.15) is 13.2 Å². The van der Waals surface area contributed by atoms with Crippen molar-refractivity contribution >= 4 is 28.8 Å². The molecule has 0 bridgehead atoms. The summed E-state index contributed by atoms with van der Waals surface area (Å²) in [5, 5.41) is 18.1. The van der Waals surface area contributed by atoms with Gasteiger partial charge in [0.05, 0.1) is 17.1 Å². The SMILES string of the molecule is C/C(=N/O)C1=NO[C@H](CNc2ncc(C(F)(F)F)cc2Cl)C1. The summed E-state index contributed by atoms with van der Waals surface area (Å²) in [7, 11) is 0. The third kappa shape index (κ3) is 3.79. The van der Waals surface area contributed by atoms with Gasteiger partial charge in [-0.1, -0.05) is 21.9 Å². The van der Waals surface area contributed by atoms with Gasteiger partial charge in [0.1, 0.15) is 23.3 Å². The highest BCUT2D eigenvalue weighted by Gasteiger charge is 2.31. The zero-order valence-corrected chi connectivity index (χ0v) is 12.1. The van der Waals surface area contributed by atoms with Gasteiger partial charge in [-0.3, -0.25) is 0 Å². The van der Waals surface area contributed by atoms with Crippen molar-refractivity contribution in [2.24, 2.45) is 10.3 Å². The molecule has 2 N–H and O–H groups in total. The first-order valence-corrected chi connectivity index (χ1v) is 6.57. The molecule has 1 aromatic rings. The predicted molar refractivity (Wildman–Crippen MR) is 74.6 cm³/mol. The van der Waals surface area contributed by atoms with Gasteiger partial charge in [0.2, 0.25) is 0 Å². The Morgan fingerprint density at radius 3 is 2.91 bits per heavy atom. The van der Waals surface area contributed by atoms with Crippen LogP contribution < -0.4 is 5.32 Å². The molecular formula is C12H12ClF3N4O2. The first-order valence-electron chi connectivity index (χ1n) is 6.19. The van der Waals surface area contributed by atoms with Gasteiger partial charge in [0, 0.05) is 12.6 Å². The van der Waals surface area contributed by atoms with Gasteiger partial charge in [0.25, 0.3) is 0 Å². The Kier molecular flexibility index (Phi) is 4.74. The average molecular weight is 337 g/mol. The van der Waals surface area contributed by atoms with Gasteiger partial charge in [-0.25, -0.2) is 4.98 Å². The molecule has 0 saturated heterocycles. The zero-order chi connectivity index (χ0) is 16.3. The van der Waals surface area contributed by atoms with E-state index in [4.69, 9.17) is 21.6 Å². The molecule has 10 heteroatoms. The van der Waals surface area contributed by atoms with Gasteiger partial charge in [-0.15, -0.1) is 0 Å². The lowest BCUT2D eigenvalue weighted by Gasteiger charge is -2.13. The molecular weight excluding hydrogens is 325 g/mol. The number of pyridine rings is 1. The van der Waals surface area contributed by atoms with Crippen LogP contribution in [0, 0.1) is 0 Å². The lowest BCUT2D eigenvalue weighted by atomic mass is 10.1. The second kappa shape index (κ2) is 6.39. The van der Waals surface area contributed by atoms with Crippen LogP contribution in [0.2, 0.25) is 5.02 Å². The Hall–Kier alpha value is -2.03. The van der Waals surface area contributed by atoms with E-state index in [1.807, 2.05) is 0 Å². The second-order valence-corrected chi connectivity index (χ2v) is 5.00. The number of hydrogen-bond donors (Lipinski definition) is 2. The smallest absolute Gasteiger partial charge is 0.411 e. The molecule has 22 heavy (non-hydrogen) atoms. The molecule has 0 fully saturated rings. The maximum atomic E-state index is 12.5.